The molecule has 0 unspecified atom stereocenters. The van der Waals surface area contributed by atoms with Gasteiger partial charge in [0, 0.05) is 25.5 Å². The fourth-order valence-corrected chi connectivity index (χ4v) is 1.98. The molecule has 0 spiro atoms. The lowest BCUT2D eigenvalue weighted by atomic mass is 10.1. The molecule has 2 aromatic rings. The summed E-state index contributed by atoms with van der Waals surface area (Å²) in [6, 6.07) is 9.97. The minimum atomic E-state index is 0.712. The highest BCUT2D eigenvalue weighted by Gasteiger charge is 2.01. The van der Waals surface area contributed by atoms with Crippen molar-refractivity contribution >= 4 is 0 Å². The van der Waals surface area contributed by atoms with E-state index in [-0.39, 0.29) is 0 Å². The fourth-order valence-electron chi connectivity index (χ4n) is 1.98. The number of nitrogens with one attached hydrogen (secondary N) is 1. The van der Waals surface area contributed by atoms with Gasteiger partial charge < -0.3 is 5.32 Å². The van der Waals surface area contributed by atoms with E-state index < -0.39 is 0 Å². The van der Waals surface area contributed by atoms with E-state index in [0.29, 0.717) is 5.56 Å². The monoisotopic (exact) mass is 251 g/mol. The van der Waals surface area contributed by atoms with Crippen molar-refractivity contribution in [1.29, 1.82) is 5.26 Å². The predicted molar refractivity (Wildman–Crippen MR) is 75.4 cm³/mol. The van der Waals surface area contributed by atoms with Crippen molar-refractivity contribution in [3.05, 3.63) is 64.5 Å². The molecule has 0 fully saturated rings. The highest BCUT2D eigenvalue weighted by Crippen LogP contribution is 2.11. The number of hydrogen-bond donors (Lipinski definition) is 1. The van der Waals surface area contributed by atoms with Gasteiger partial charge in [0.25, 0.3) is 0 Å². The summed E-state index contributed by atoms with van der Waals surface area (Å²) in [4.78, 5) is 4.14. The molecule has 0 aliphatic heterocycles. The predicted octanol–water partition coefficient (Wildman–Crippen LogP) is 2.86. The van der Waals surface area contributed by atoms with Crippen molar-refractivity contribution in [1.82, 2.24) is 10.3 Å². The van der Waals surface area contributed by atoms with E-state index in [1.807, 2.05) is 43.6 Å². The number of nitrogens with zero attached hydrogens (tertiary/aromatic N) is 2. The van der Waals surface area contributed by atoms with Gasteiger partial charge in [-0.25, -0.2) is 0 Å². The first-order chi connectivity index (χ1) is 9.20. The average molecular weight is 251 g/mol. The average Bonchev–Trinajstić information content (AvgIpc) is 2.42. The Balaban J connectivity index is 1.97. The minimum Gasteiger partial charge on any atom is -0.309 e. The maximum Gasteiger partial charge on any atom is 0.0991 e. The summed E-state index contributed by atoms with van der Waals surface area (Å²) in [6.07, 6.45) is 3.71. The lowest BCUT2D eigenvalue weighted by molar-refractivity contribution is 0.686. The third-order valence-corrected chi connectivity index (χ3v) is 3.25. The lowest BCUT2D eigenvalue weighted by Crippen LogP contribution is -2.14. The molecule has 0 atom stereocenters. The molecule has 0 saturated carbocycles. The Morgan fingerprint density at radius 3 is 2.58 bits per heavy atom. The number of rotatable bonds is 4. The van der Waals surface area contributed by atoms with Crippen LogP contribution in [0.5, 0.6) is 0 Å². The van der Waals surface area contributed by atoms with E-state index in [9.17, 15) is 0 Å². The van der Waals surface area contributed by atoms with Gasteiger partial charge in [-0.2, -0.15) is 5.26 Å². The second-order valence-electron chi connectivity index (χ2n) is 4.66. The number of nitriles is 1. The molecule has 0 amide bonds. The van der Waals surface area contributed by atoms with Crippen LogP contribution in [0.3, 0.4) is 0 Å². The summed E-state index contributed by atoms with van der Waals surface area (Å²) in [7, 11) is 0. The van der Waals surface area contributed by atoms with Crippen molar-refractivity contribution in [3.63, 3.8) is 0 Å². The molecular weight excluding hydrogens is 234 g/mol. The number of aromatic nitrogens is 1. The van der Waals surface area contributed by atoms with Crippen LogP contribution in [0.15, 0.2) is 36.7 Å². The van der Waals surface area contributed by atoms with Crippen molar-refractivity contribution in [2.45, 2.75) is 26.9 Å². The van der Waals surface area contributed by atoms with Gasteiger partial charge in [-0.1, -0.05) is 6.07 Å². The van der Waals surface area contributed by atoms with Crippen LogP contribution >= 0.6 is 0 Å². The number of hydrogen-bond acceptors (Lipinski definition) is 3. The second kappa shape index (κ2) is 6.12. The van der Waals surface area contributed by atoms with E-state index in [1.165, 1.54) is 16.7 Å². The third-order valence-electron chi connectivity index (χ3n) is 3.25. The maximum absolute atomic E-state index is 8.84. The molecule has 0 bridgehead atoms. The van der Waals surface area contributed by atoms with Crippen molar-refractivity contribution in [3.8, 4) is 6.07 Å². The van der Waals surface area contributed by atoms with Gasteiger partial charge in [0.05, 0.1) is 11.6 Å². The van der Waals surface area contributed by atoms with Crippen LogP contribution in [-0.4, -0.2) is 4.98 Å². The van der Waals surface area contributed by atoms with Gasteiger partial charge >= 0.3 is 0 Å². The molecule has 1 N–H and O–H groups in total. The standard InChI is InChI=1S/C16H17N3/c1-12-5-6-18-10-16(12)11-19-9-15-4-3-14(8-17)7-13(15)2/h3-7,10,19H,9,11H2,1-2H3. The summed E-state index contributed by atoms with van der Waals surface area (Å²) in [5.74, 6) is 0. The van der Waals surface area contributed by atoms with Crippen LogP contribution in [0.25, 0.3) is 0 Å². The Hall–Kier alpha value is -2.18. The molecule has 1 heterocycles. The van der Waals surface area contributed by atoms with E-state index in [4.69, 9.17) is 5.26 Å². The van der Waals surface area contributed by atoms with Crippen LogP contribution in [0.2, 0.25) is 0 Å². The SMILES string of the molecule is Cc1cc(C#N)ccc1CNCc1cnccc1C. The van der Waals surface area contributed by atoms with E-state index in [2.05, 4.69) is 23.3 Å². The molecule has 19 heavy (non-hydrogen) atoms. The lowest BCUT2D eigenvalue weighted by Gasteiger charge is -2.09. The zero-order chi connectivity index (χ0) is 13.7. The molecule has 3 heteroatoms. The molecular formula is C16H17N3. The van der Waals surface area contributed by atoms with Gasteiger partial charge in [-0.15, -0.1) is 0 Å². The van der Waals surface area contributed by atoms with Crippen molar-refractivity contribution in [2.75, 3.05) is 0 Å². The Kier molecular flexibility index (Phi) is 4.27. The smallest absolute Gasteiger partial charge is 0.0991 e. The number of pyridine rings is 1. The van der Waals surface area contributed by atoms with Crippen LogP contribution in [-0.2, 0) is 13.1 Å². The highest BCUT2D eigenvalue weighted by molar-refractivity contribution is 5.37. The Morgan fingerprint density at radius 2 is 1.89 bits per heavy atom. The first-order valence-electron chi connectivity index (χ1n) is 6.30. The van der Waals surface area contributed by atoms with Gasteiger partial charge in [0.15, 0.2) is 0 Å². The van der Waals surface area contributed by atoms with E-state index in [0.717, 1.165) is 18.7 Å². The maximum atomic E-state index is 8.84. The summed E-state index contributed by atoms with van der Waals surface area (Å²) in [5.41, 5.74) is 5.55. The molecule has 1 aromatic heterocycles. The third kappa shape index (κ3) is 3.40. The molecule has 1 aromatic carbocycles. The van der Waals surface area contributed by atoms with Gasteiger partial charge in [-0.05, 0) is 54.3 Å². The quantitative estimate of drug-likeness (QED) is 0.909. The molecule has 2 rings (SSSR count). The van der Waals surface area contributed by atoms with Crippen LogP contribution in [0.4, 0.5) is 0 Å². The normalized spacial score (nSPS) is 10.2. The molecule has 3 nitrogen and oxygen atoms in total. The van der Waals surface area contributed by atoms with Crippen molar-refractivity contribution in [2.24, 2.45) is 0 Å². The molecule has 0 aliphatic rings. The van der Waals surface area contributed by atoms with E-state index in [1.54, 1.807) is 0 Å². The topological polar surface area (TPSA) is 48.7 Å². The van der Waals surface area contributed by atoms with Gasteiger partial charge in [0.1, 0.15) is 0 Å². The molecule has 0 saturated heterocycles. The van der Waals surface area contributed by atoms with Crippen LogP contribution < -0.4 is 5.32 Å². The first kappa shape index (κ1) is 13.3. The summed E-state index contributed by atoms with van der Waals surface area (Å²) >= 11 is 0. The summed E-state index contributed by atoms with van der Waals surface area (Å²) < 4.78 is 0. The Labute approximate surface area is 113 Å². The first-order valence-corrected chi connectivity index (χ1v) is 6.30. The van der Waals surface area contributed by atoms with Gasteiger partial charge in [-0.3, -0.25) is 4.98 Å². The summed E-state index contributed by atoms with van der Waals surface area (Å²) in [6.45, 7) is 5.73. The highest BCUT2D eigenvalue weighted by atomic mass is 14.9. The largest absolute Gasteiger partial charge is 0.309 e. The fraction of sp³-hybridized carbons (Fsp3) is 0.250. The van der Waals surface area contributed by atoms with Crippen LogP contribution in [0.1, 0.15) is 27.8 Å². The summed E-state index contributed by atoms with van der Waals surface area (Å²) in [5, 5.41) is 12.2. The van der Waals surface area contributed by atoms with Crippen molar-refractivity contribution < 1.29 is 0 Å². The zero-order valence-electron chi connectivity index (χ0n) is 11.3. The molecule has 0 aliphatic carbocycles. The number of benzene rings is 1. The molecule has 0 radical (unpaired) electrons. The Bertz CT molecular complexity index is 612. The minimum absolute atomic E-state index is 0.712. The van der Waals surface area contributed by atoms with E-state index >= 15 is 0 Å². The zero-order valence-corrected chi connectivity index (χ0v) is 11.3. The van der Waals surface area contributed by atoms with Gasteiger partial charge in [0.2, 0.25) is 0 Å². The second-order valence-corrected chi connectivity index (χ2v) is 4.66. The molecule has 96 valence electrons. The van der Waals surface area contributed by atoms with Crippen LogP contribution in [0, 0.1) is 25.2 Å². The number of aryl methyl sites for hydroxylation is 2. The Morgan fingerprint density at radius 1 is 1.11 bits per heavy atom.